The third kappa shape index (κ3) is 2.13. The number of aromatic nitrogens is 3. The van der Waals surface area contributed by atoms with Crippen molar-refractivity contribution in [2.75, 3.05) is 7.11 Å². The molecule has 2 aromatic heterocycles. The van der Waals surface area contributed by atoms with E-state index >= 15 is 0 Å². The number of hydrogen-bond donors (Lipinski definition) is 1. The SMILES string of the molecule is COc1ccc2[nH]c(-c3cc(Cl)ccc3F)nc2n1. The fourth-order valence-corrected chi connectivity index (χ4v) is 1.97. The number of fused-ring (bicyclic) bond motifs is 1. The molecule has 3 aromatic rings. The number of benzene rings is 1. The molecule has 96 valence electrons. The number of pyridine rings is 1. The van der Waals surface area contributed by atoms with Crippen LogP contribution in [0.1, 0.15) is 0 Å². The molecule has 0 saturated heterocycles. The zero-order valence-corrected chi connectivity index (χ0v) is 10.7. The Hall–Kier alpha value is -2.14. The molecule has 0 amide bonds. The second-order valence-corrected chi connectivity index (χ2v) is 4.37. The van der Waals surface area contributed by atoms with Crippen molar-refractivity contribution in [3.63, 3.8) is 0 Å². The first-order chi connectivity index (χ1) is 9.17. The van der Waals surface area contributed by atoms with Gasteiger partial charge in [0.25, 0.3) is 0 Å². The smallest absolute Gasteiger partial charge is 0.215 e. The molecule has 0 saturated carbocycles. The number of hydrogen-bond acceptors (Lipinski definition) is 3. The Balaban J connectivity index is 2.17. The fourth-order valence-electron chi connectivity index (χ4n) is 1.80. The number of ether oxygens (including phenoxy) is 1. The maximum Gasteiger partial charge on any atom is 0.215 e. The minimum absolute atomic E-state index is 0.310. The molecule has 2 heterocycles. The van der Waals surface area contributed by atoms with Crippen LogP contribution in [0.5, 0.6) is 5.88 Å². The molecule has 1 aromatic carbocycles. The highest BCUT2D eigenvalue weighted by molar-refractivity contribution is 6.30. The van der Waals surface area contributed by atoms with Crippen LogP contribution in [-0.2, 0) is 0 Å². The Bertz CT molecular complexity index is 757. The maximum absolute atomic E-state index is 13.8. The van der Waals surface area contributed by atoms with Crippen LogP contribution in [0.25, 0.3) is 22.6 Å². The quantitative estimate of drug-likeness (QED) is 0.781. The highest BCUT2D eigenvalue weighted by Crippen LogP contribution is 2.26. The molecule has 0 atom stereocenters. The molecular formula is C13H9ClFN3O. The van der Waals surface area contributed by atoms with Gasteiger partial charge in [-0.25, -0.2) is 9.37 Å². The third-order valence-electron chi connectivity index (χ3n) is 2.71. The Morgan fingerprint density at radius 2 is 2.05 bits per heavy atom. The summed E-state index contributed by atoms with van der Waals surface area (Å²) in [5.74, 6) is 0.447. The van der Waals surface area contributed by atoms with Crippen LogP contribution in [0, 0.1) is 5.82 Å². The van der Waals surface area contributed by atoms with Crippen LogP contribution in [-0.4, -0.2) is 22.1 Å². The van der Waals surface area contributed by atoms with E-state index in [-0.39, 0.29) is 0 Å². The van der Waals surface area contributed by atoms with Crippen molar-refractivity contribution in [3.8, 4) is 17.3 Å². The number of halogens is 2. The van der Waals surface area contributed by atoms with Gasteiger partial charge < -0.3 is 9.72 Å². The van der Waals surface area contributed by atoms with Crippen LogP contribution in [0.3, 0.4) is 0 Å². The number of nitrogens with zero attached hydrogens (tertiary/aromatic N) is 2. The molecule has 0 aliphatic rings. The van der Waals surface area contributed by atoms with Gasteiger partial charge in [0.1, 0.15) is 11.6 Å². The largest absolute Gasteiger partial charge is 0.481 e. The van der Waals surface area contributed by atoms with E-state index in [1.165, 1.54) is 25.3 Å². The van der Waals surface area contributed by atoms with Gasteiger partial charge >= 0.3 is 0 Å². The number of imidazole rings is 1. The van der Waals surface area contributed by atoms with Gasteiger partial charge in [-0.2, -0.15) is 4.98 Å². The summed E-state index contributed by atoms with van der Waals surface area (Å²) in [6, 6.07) is 7.80. The molecule has 0 fully saturated rings. The van der Waals surface area contributed by atoms with Gasteiger partial charge in [-0.1, -0.05) is 11.6 Å². The summed E-state index contributed by atoms with van der Waals surface area (Å²) in [6.45, 7) is 0. The molecule has 1 N–H and O–H groups in total. The molecule has 0 unspecified atom stereocenters. The van der Waals surface area contributed by atoms with Crippen LogP contribution in [0.2, 0.25) is 5.02 Å². The van der Waals surface area contributed by atoms with Gasteiger partial charge in [0.05, 0.1) is 18.2 Å². The molecular weight excluding hydrogens is 269 g/mol. The van der Waals surface area contributed by atoms with E-state index in [1.807, 2.05) is 0 Å². The average molecular weight is 278 g/mol. The van der Waals surface area contributed by atoms with Gasteiger partial charge in [-0.15, -0.1) is 0 Å². The summed E-state index contributed by atoms with van der Waals surface area (Å²) < 4.78 is 18.8. The van der Waals surface area contributed by atoms with E-state index in [2.05, 4.69) is 15.0 Å². The third-order valence-corrected chi connectivity index (χ3v) is 2.95. The maximum atomic E-state index is 13.8. The molecule has 4 nitrogen and oxygen atoms in total. The minimum Gasteiger partial charge on any atom is -0.481 e. The number of methoxy groups -OCH3 is 1. The van der Waals surface area contributed by atoms with Crippen molar-refractivity contribution >= 4 is 22.8 Å². The van der Waals surface area contributed by atoms with E-state index < -0.39 is 5.82 Å². The van der Waals surface area contributed by atoms with E-state index in [4.69, 9.17) is 16.3 Å². The van der Waals surface area contributed by atoms with E-state index in [1.54, 1.807) is 12.1 Å². The van der Waals surface area contributed by atoms with Gasteiger partial charge in [-0.05, 0) is 24.3 Å². The summed E-state index contributed by atoms with van der Waals surface area (Å²) in [6.07, 6.45) is 0. The first-order valence-corrected chi connectivity index (χ1v) is 5.91. The summed E-state index contributed by atoms with van der Waals surface area (Å²) in [4.78, 5) is 11.4. The summed E-state index contributed by atoms with van der Waals surface area (Å²) in [5, 5.41) is 0.447. The number of aromatic amines is 1. The number of H-pyrrole nitrogens is 1. The Kier molecular flexibility index (Phi) is 2.83. The lowest BCUT2D eigenvalue weighted by Gasteiger charge is -1.99. The zero-order valence-electron chi connectivity index (χ0n) is 9.95. The van der Waals surface area contributed by atoms with Crippen LogP contribution >= 0.6 is 11.6 Å². The zero-order chi connectivity index (χ0) is 13.4. The fraction of sp³-hybridized carbons (Fsp3) is 0.0769. The first-order valence-electron chi connectivity index (χ1n) is 5.53. The lowest BCUT2D eigenvalue weighted by Crippen LogP contribution is -1.87. The van der Waals surface area contributed by atoms with E-state index in [0.29, 0.717) is 33.5 Å². The first kappa shape index (κ1) is 11.9. The predicted octanol–water partition coefficient (Wildman–Crippen LogP) is 3.43. The molecule has 3 rings (SSSR count). The predicted molar refractivity (Wildman–Crippen MR) is 70.8 cm³/mol. The Labute approximate surface area is 113 Å². The lowest BCUT2D eigenvalue weighted by molar-refractivity contribution is 0.399. The highest BCUT2D eigenvalue weighted by Gasteiger charge is 2.12. The Morgan fingerprint density at radius 3 is 2.84 bits per heavy atom. The second kappa shape index (κ2) is 4.51. The minimum atomic E-state index is -0.393. The van der Waals surface area contributed by atoms with E-state index in [9.17, 15) is 4.39 Å². The van der Waals surface area contributed by atoms with Crippen molar-refractivity contribution in [2.45, 2.75) is 0 Å². The number of rotatable bonds is 2. The molecule has 6 heteroatoms. The standard InChI is InChI=1S/C13H9ClFN3O/c1-19-11-5-4-10-13(17-11)18-12(16-10)8-6-7(14)2-3-9(8)15/h2-6H,1H3,(H,16,17,18). The number of nitrogens with one attached hydrogen (secondary N) is 1. The molecule has 19 heavy (non-hydrogen) atoms. The van der Waals surface area contributed by atoms with Gasteiger partial charge in [0.2, 0.25) is 5.88 Å². The normalized spacial score (nSPS) is 10.9. The van der Waals surface area contributed by atoms with Crippen molar-refractivity contribution in [1.29, 1.82) is 0 Å². The van der Waals surface area contributed by atoms with Crippen molar-refractivity contribution in [3.05, 3.63) is 41.2 Å². The van der Waals surface area contributed by atoms with Gasteiger partial charge in [-0.3, -0.25) is 0 Å². The molecule has 0 aliphatic carbocycles. The second-order valence-electron chi connectivity index (χ2n) is 3.93. The molecule has 0 aliphatic heterocycles. The highest BCUT2D eigenvalue weighted by atomic mass is 35.5. The topological polar surface area (TPSA) is 50.8 Å². The summed E-state index contributed by atoms with van der Waals surface area (Å²) >= 11 is 5.87. The van der Waals surface area contributed by atoms with Crippen LogP contribution in [0.15, 0.2) is 30.3 Å². The molecule has 0 radical (unpaired) electrons. The van der Waals surface area contributed by atoms with Crippen LogP contribution in [0.4, 0.5) is 4.39 Å². The van der Waals surface area contributed by atoms with Crippen molar-refractivity contribution in [2.24, 2.45) is 0 Å². The van der Waals surface area contributed by atoms with Gasteiger partial charge in [0, 0.05) is 11.1 Å². The van der Waals surface area contributed by atoms with E-state index in [0.717, 1.165) is 0 Å². The van der Waals surface area contributed by atoms with Crippen LogP contribution < -0.4 is 4.74 Å². The Morgan fingerprint density at radius 1 is 1.21 bits per heavy atom. The average Bonchev–Trinajstić information content (AvgIpc) is 2.83. The molecule has 0 spiro atoms. The van der Waals surface area contributed by atoms with Crippen molar-refractivity contribution in [1.82, 2.24) is 15.0 Å². The molecule has 0 bridgehead atoms. The summed E-state index contributed by atoms with van der Waals surface area (Å²) in [7, 11) is 1.53. The summed E-state index contributed by atoms with van der Waals surface area (Å²) in [5.41, 5.74) is 1.48. The van der Waals surface area contributed by atoms with Gasteiger partial charge in [0.15, 0.2) is 5.65 Å². The monoisotopic (exact) mass is 277 g/mol. The van der Waals surface area contributed by atoms with Crippen molar-refractivity contribution < 1.29 is 9.13 Å². The lowest BCUT2D eigenvalue weighted by atomic mass is 10.2.